The van der Waals surface area contributed by atoms with E-state index in [1.165, 1.54) is 5.98 Å². The maximum Gasteiger partial charge on any atom is 0.102 e. The van der Waals surface area contributed by atoms with Gasteiger partial charge in [-0.1, -0.05) is 43.0 Å². The normalized spacial score (nSPS) is 10.2. The van der Waals surface area contributed by atoms with Gasteiger partial charge in [0.15, 0.2) is 0 Å². The molecule has 0 aromatic heterocycles. The Bertz CT molecular complexity index is 274. The van der Waals surface area contributed by atoms with E-state index in [4.69, 9.17) is 7.85 Å². The highest BCUT2D eigenvalue weighted by atomic mass is 13.9. The predicted octanol–water partition coefficient (Wildman–Crippen LogP) is 2.47. The van der Waals surface area contributed by atoms with Crippen molar-refractivity contribution in [3.8, 4) is 0 Å². The fraction of sp³-hybridized carbons (Fsp3) is 0. The minimum atomic E-state index is 1.10. The monoisotopic (exact) mass is 140 g/mol. The van der Waals surface area contributed by atoms with Gasteiger partial charge in [0.1, 0.15) is 7.85 Å². The fourth-order valence-corrected chi connectivity index (χ4v) is 0.952. The molecular weight excluding hydrogens is 131 g/mol. The molecule has 0 fully saturated rings. The Morgan fingerprint density at radius 3 is 2.36 bits per heavy atom. The summed E-state index contributed by atoms with van der Waals surface area (Å²) in [7, 11) is 5.27. The molecule has 2 radical (unpaired) electrons. The van der Waals surface area contributed by atoms with Crippen molar-refractivity contribution >= 4 is 20.0 Å². The van der Waals surface area contributed by atoms with Gasteiger partial charge in [0.25, 0.3) is 0 Å². The molecule has 52 valence electrons. The van der Waals surface area contributed by atoms with Crippen molar-refractivity contribution in [3.05, 3.63) is 47.9 Å². The van der Waals surface area contributed by atoms with Gasteiger partial charge in [-0.25, -0.2) is 0 Å². The maximum atomic E-state index is 5.27. The van der Waals surface area contributed by atoms with Gasteiger partial charge in [-0.3, -0.25) is 0 Å². The van der Waals surface area contributed by atoms with Crippen molar-refractivity contribution in [2.45, 2.75) is 0 Å². The Hall–Kier alpha value is -1.24. The van der Waals surface area contributed by atoms with Crippen molar-refractivity contribution in [1.29, 1.82) is 0 Å². The van der Waals surface area contributed by atoms with Crippen LogP contribution in [-0.2, 0) is 0 Å². The van der Waals surface area contributed by atoms with E-state index in [-0.39, 0.29) is 0 Å². The minimum absolute atomic E-state index is 1.10. The van der Waals surface area contributed by atoms with Gasteiger partial charge in [0, 0.05) is 0 Å². The molecule has 0 aliphatic heterocycles. The van der Waals surface area contributed by atoms with Crippen LogP contribution in [-0.4, -0.2) is 7.85 Å². The molecule has 1 aromatic rings. The van der Waals surface area contributed by atoms with Crippen molar-refractivity contribution in [1.82, 2.24) is 0 Å². The summed E-state index contributed by atoms with van der Waals surface area (Å²) < 4.78 is 0. The van der Waals surface area contributed by atoms with Gasteiger partial charge in [0.05, 0.1) is 0 Å². The third kappa shape index (κ3) is 1.84. The van der Waals surface area contributed by atoms with E-state index in [1.54, 1.807) is 0 Å². The van der Waals surface area contributed by atoms with Crippen LogP contribution in [0.4, 0.5) is 0 Å². The maximum absolute atomic E-state index is 5.27. The molecule has 0 N–H and O–H groups in total. The van der Waals surface area contributed by atoms with Gasteiger partial charge < -0.3 is 0 Å². The van der Waals surface area contributed by atoms with Crippen LogP contribution in [0.2, 0.25) is 0 Å². The van der Waals surface area contributed by atoms with Gasteiger partial charge >= 0.3 is 0 Å². The first kappa shape index (κ1) is 7.87. The zero-order chi connectivity index (χ0) is 8.10. The van der Waals surface area contributed by atoms with Gasteiger partial charge in [-0.2, -0.15) is 0 Å². The Balaban J connectivity index is 3.11. The summed E-state index contributed by atoms with van der Waals surface area (Å²) in [6.07, 6.45) is 3.67. The van der Waals surface area contributed by atoms with Crippen molar-refractivity contribution in [3.63, 3.8) is 0 Å². The van der Waals surface area contributed by atoms with Gasteiger partial charge in [0.2, 0.25) is 0 Å². The van der Waals surface area contributed by atoms with E-state index in [1.807, 2.05) is 36.4 Å². The first-order chi connectivity index (χ1) is 5.38. The first-order valence-corrected chi connectivity index (χ1v) is 3.48. The molecule has 0 saturated heterocycles. The average Bonchev–Trinajstić information content (AvgIpc) is 2.06. The van der Waals surface area contributed by atoms with E-state index in [2.05, 4.69) is 6.58 Å². The highest BCUT2D eigenvalue weighted by Crippen LogP contribution is 2.10. The number of hydrogen-bond donors (Lipinski definition) is 0. The van der Waals surface area contributed by atoms with Crippen molar-refractivity contribution < 1.29 is 0 Å². The van der Waals surface area contributed by atoms with Crippen molar-refractivity contribution in [2.24, 2.45) is 0 Å². The lowest BCUT2D eigenvalue weighted by Crippen LogP contribution is -1.77. The lowest BCUT2D eigenvalue weighted by atomic mass is 10.0. The van der Waals surface area contributed by atoms with Gasteiger partial charge in [-0.05, 0) is 11.1 Å². The van der Waals surface area contributed by atoms with Crippen LogP contribution in [0.3, 0.4) is 0 Å². The third-order valence-corrected chi connectivity index (χ3v) is 1.49. The second-order valence-electron chi connectivity index (χ2n) is 2.19. The molecule has 0 aliphatic rings. The zero-order valence-corrected chi connectivity index (χ0v) is 6.33. The van der Waals surface area contributed by atoms with Crippen molar-refractivity contribution in [2.75, 3.05) is 0 Å². The molecule has 0 nitrogen and oxygen atoms in total. The van der Waals surface area contributed by atoms with E-state index in [0.717, 1.165) is 11.1 Å². The molecule has 0 aliphatic carbocycles. The first-order valence-electron chi connectivity index (χ1n) is 3.48. The standard InChI is InChI=1S/C10H9B/c1-2-9-5-3-4-6-10(9)7-8-11/h2-8H,1H2/b8-7+. The third-order valence-electron chi connectivity index (χ3n) is 1.49. The van der Waals surface area contributed by atoms with E-state index in [9.17, 15) is 0 Å². The van der Waals surface area contributed by atoms with Crippen LogP contribution in [0.15, 0.2) is 36.8 Å². The minimum Gasteiger partial charge on any atom is -0.131 e. The van der Waals surface area contributed by atoms with Gasteiger partial charge in [-0.15, -0.1) is 5.98 Å². The van der Waals surface area contributed by atoms with E-state index < -0.39 is 0 Å². The second-order valence-corrected chi connectivity index (χ2v) is 2.19. The van der Waals surface area contributed by atoms with Crippen LogP contribution in [0.1, 0.15) is 11.1 Å². The van der Waals surface area contributed by atoms with Crippen LogP contribution in [0, 0.1) is 0 Å². The molecule has 0 unspecified atom stereocenters. The smallest absolute Gasteiger partial charge is 0.102 e. The van der Waals surface area contributed by atoms with E-state index >= 15 is 0 Å². The molecule has 0 saturated carbocycles. The molecule has 11 heavy (non-hydrogen) atoms. The molecule has 1 aromatic carbocycles. The number of rotatable bonds is 2. The Morgan fingerprint density at radius 1 is 1.18 bits per heavy atom. The molecule has 1 rings (SSSR count). The molecular formula is C10H9B. The molecule has 0 bridgehead atoms. The SMILES string of the molecule is [B]/C=C/c1ccccc1C=C. The molecule has 0 atom stereocenters. The van der Waals surface area contributed by atoms with Crippen LogP contribution >= 0.6 is 0 Å². The summed E-state index contributed by atoms with van der Waals surface area (Å²) in [4.78, 5) is 0. The fourth-order valence-electron chi connectivity index (χ4n) is 0.952. The quantitative estimate of drug-likeness (QED) is 0.553. The van der Waals surface area contributed by atoms with Crippen LogP contribution < -0.4 is 0 Å². The summed E-state index contributed by atoms with van der Waals surface area (Å²) >= 11 is 0. The number of hydrogen-bond acceptors (Lipinski definition) is 0. The Morgan fingerprint density at radius 2 is 1.82 bits per heavy atom. The highest BCUT2D eigenvalue weighted by Gasteiger charge is 1.90. The second kappa shape index (κ2) is 3.82. The summed E-state index contributed by atoms with van der Waals surface area (Å²) in [5.41, 5.74) is 2.21. The average molecular weight is 140 g/mol. The molecule has 1 heteroatoms. The highest BCUT2D eigenvalue weighted by molar-refractivity contribution is 6.19. The Labute approximate surface area is 68.7 Å². The molecule has 0 heterocycles. The molecule has 0 amide bonds. The summed E-state index contributed by atoms with van der Waals surface area (Å²) in [5, 5.41) is 0. The topological polar surface area (TPSA) is 0 Å². The Kier molecular flexibility index (Phi) is 2.73. The number of benzene rings is 1. The predicted molar refractivity (Wildman–Crippen MR) is 51.3 cm³/mol. The largest absolute Gasteiger partial charge is 0.131 e. The zero-order valence-electron chi connectivity index (χ0n) is 6.33. The lowest BCUT2D eigenvalue weighted by molar-refractivity contribution is 1.62. The summed E-state index contributed by atoms with van der Waals surface area (Å²) in [5.74, 6) is 1.53. The van der Waals surface area contributed by atoms with Crippen LogP contribution in [0.5, 0.6) is 0 Å². The molecule has 0 spiro atoms. The summed E-state index contributed by atoms with van der Waals surface area (Å²) in [6, 6.07) is 7.95. The van der Waals surface area contributed by atoms with E-state index in [0.29, 0.717) is 0 Å². The lowest BCUT2D eigenvalue weighted by Gasteiger charge is -1.97. The van der Waals surface area contributed by atoms with Crippen LogP contribution in [0.25, 0.3) is 12.2 Å². The summed E-state index contributed by atoms with van der Waals surface area (Å²) in [6.45, 7) is 3.70.